The van der Waals surface area contributed by atoms with Crippen molar-refractivity contribution in [3.8, 4) is 0 Å². The first-order valence-corrected chi connectivity index (χ1v) is 4.43. The molecule has 0 atom stereocenters. The Bertz CT molecular complexity index is 283. The molecule has 0 aliphatic rings. The van der Waals surface area contributed by atoms with Gasteiger partial charge in [-0.3, -0.25) is 0 Å². The molecule has 1 aromatic rings. The van der Waals surface area contributed by atoms with Crippen LogP contribution < -0.4 is 0 Å². The molecule has 0 heterocycles. The molecule has 0 N–H and O–H groups in total. The molecule has 0 aromatic heterocycles. The van der Waals surface area contributed by atoms with Crippen LogP contribution in [0.5, 0.6) is 0 Å². The molecule has 1 aromatic carbocycles. The summed E-state index contributed by atoms with van der Waals surface area (Å²) in [6.07, 6.45) is 0.713. The number of hydrogen-bond acceptors (Lipinski definition) is 0. The maximum atomic E-state index is 13.3. The lowest BCUT2D eigenvalue weighted by atomic mass is 9.81. The van der Waals surface area contributed by atoms with Gasteiger partial charge in [-0.15, -0.1) is 0 Å². The van der Waals surface area contributed by atoms with Gasteiger partial charge in [-0.25, -0.2) is 8.78 Å². The highest BCUT2D eigenvalue weighted by Gasteiger charge is 2.25. The maximum Gasteiger partial charge on any atom is 0.129 e. The lowest BCUT2D eigenvalue weighted by molar-refractivity contribution is 0.435. The van der Waals surface area contributed by atoms with E-state index in [9.17, 15) is 8.78 Å². The number of benzene rings is 1. The zero-order valence-corrected chi connectivity index (χ0v) is 8.20. The highest BCUT2D eigenvalue weighted by molar-refractivity contribution is 5.27. The van der Waals surface area contributed by atoms with Gasteiger partial charge in [0.15, 0.2) is 0 Å². The summed E-state index contributed by atoms with van der Waals surface area (Å²) in [5.41, 5.74) is -0.243. The Morgan fingerprint density at radius 3 is 2.00 bits per heavy atom. The SMILES string of the molecule is CCC(C)(C)c1c(F)cccc1F. The molecular weight excluding hydrogens is 170 g/mol. The van der Waals surface area contributed by atoms with E-state index in [1.807, 2.05) is 20.8 Å². The van der Waals surface area contributed by atoms with Crippen LogP contribution in [0.25, 0.3) is 0 Å². The van der Waals surface area contributed by atoms with Crippen LogP contribution in [-0.4, -0.2) is 0 Å². The van der Waals surface area contributed by atoms with Gasteiger partial charge in [0, 0.05) is 5.56 Å². The van der Waals surface area contributed by atoms with Crippen LogP contribution in [-0.2, 0) is 5.41 Å². The fourth-order valence-electron chi connectivity index (χ4n) is 1.32. The zero-order chi connectivity index (χ0) is 10.1. The summed E-state index contributed by atoms with van der Waals surface area (Å²) in [4.78, 5) is 0. The highest BCUT2D eigenvalue weighted by atomic mass is 19.1. The molecular formula is C11H14F2. The molecule has 0 radical (unpaired) electrons. The van der Waals surface area contributed by atoms with Crippen LogP contribution in [0.3, 0.4) is 0 Å². The van der Waals surface area contributed by atoms with E-state index in [0.717, 1.165) is 0 Å². The van der Waals surface area contributed by atoms with Gasteiger partial charge in [-0.2, -0.15) is 0 Å². The van der Waals surface area contributed by atoms with E-state index in [2.05, 4.69) is 0 Å². The molecule has 13 heavy (non-hydrogen) atoms. The second-order valence-corrected chi connectivity index (χ2v) is 3.83. The average molecular weight is 184 g/mol. The van der Waals surface area contributed by atoms with E-state index in [1.54, 1.807) is 0 Å². The third-order valence-electron chi connectivity index (χ3n) is 2.52. The summed E-state index contributed by atoms with van der Waals surface area (Å²) >= 11 is 0. The minimum Gasteiger partial charge on any atom is -0.207 e. The summed E-state index contributed by atoms with van der Waals surface area (Å²) in [5, 5.41) is 0. The average Bonchev–Trinajstić information content (AvgIpc) is 2.03. The van der Waals surface area contributed by atoms with Crippen molar-refractivity contribution in [2.75, 3.05) is 0 Å². The van der Waals surface area contributed by atoms with E-state index >= 15 is 0 Å². The second-order valence-electron chi connectivity index (χ2n) is 3.83. The van der Waals surface area contributed by atoms with Crippen molar-refractivity contribution in [2.24, 2.45) is 0 Å². The Hall–Kier alpha value is -0.920. The van der Waals surface area contributed by atoms with Gasteiger partial charge >= 0.3 is 0 Å². The summed E-state index contributed by atoms with van der Waals surface area (Å²) in [6.45, 7) is 5.61. The molecule has 0 fully saturated rings. The predicted octanol–water partition coefficient (Wildman–Crippen LogP) is 3.65. The monoisotopic (exact) mass is 184 g/mol. The van der Waals surface area contributed by atoms with Crippen molar-refractivity contribution < 1.29 is 8.78 Å². The topological polar surface area (TPSA) is 0 Å². The first-order chi connectivity index (χ1) is 5.99. The Balaban J connectivity index is 3.28. The molecule has 0 nitrogen and oxygen atoms in total. The molecule has 0 aliphatic carbocycles. The molecule has 0 spiro atoms. The normalized spacial score (nSPS) is 11.8. The molecule has 0 bridgehead atoms. The zero-order valence-electron chi connectivity index (χ0n) is 8.20. The quantitative estimate of drug-likeness (QED) is 0.658. The van der Waals surface area contributed by atoms with Crippen LogP contribution in [0.4, 0.5) is 8.78 Å². The Labute approximate surface area is 77.6 Å². The molecule has 1 rings (SSSR count). The van der Waals surface area contributed by atoms with E-state index in [-0.39, 0.29) is 5.56 Å². The summed E-state index contributed by atoms with van der Waals surface area (Å²) in [5.74, 6) is -0.904. The van der Waals surface area contributed by atoms with Crippen LogP contribution in [0.1, 0.15) is 32.8 Å². The molecule has 2 heteroatoms. The molecule has 72 valence electrons. The van der Waals surface area contributed by atoms with Crippen LogP contribution in [0.2, 0.25) is 0 Å². The second kappa shape index (κ2) is 3.44. The number of rotatable bonds is 2. The van der Waals surface area contributed by atoms with E-state index in [1.165, 1.54) is 18.2 Å². The molecule has 0 amide bonds. The molecule has 0 aliphatic heterocycles. The lowest BCUT2D eigenvalue weighted by Crippen LogP contribution is -2.19. The van der Waals surface area contributed by atoms with Gasteiger partial charge in [-0.05, 0) is 24.0 Å². The van der Waals surface area contributed by atoms with Crippen molar-refractivity contribution >= 4 is 0 Å². The fourth-order valence-corrected chi connectivity index (χ4v) is 1.32. The smallest absolute Gasteiger partial charge is 0.129 e. The van der Waals surface area contributed by atoms with Crippen molar-refractivity contribution in [3.63, 3.8) is 0 Å². The minimum absolute atomic E-state index is 0.192. The largest absolute Gasteiger partial charge is 0.207 e. The molecule has 0 saturated carbocycles. The van der Waals surface area contributed by atoms with E-state index in [0.29, 0.717) is 6.42 Å². The Morgan fingerprint density at radius 1 is 1.15 bits per heavy atom. The van der Waals surface area contributed by atoms with Gasteiger partial charge in [0.2, 0.25) is 0 Å². The van der Waals surface area contributed by atoms with Gasteiger partial charge in [0.25, 0.3) is 0 Å². The first-order valence-electron chi connectivity index (χ1n) is 4.43. The van der Waals surface area contributed by atoms with Gasteiger partial charge < -0.3 is 0 Å². The minimum atomic E-state index is -0.452. The number of hydrogen-bond donors (Lipinski definition) is 0. The van der Waals surface area contributed by atoms with Crippen LogP contribution >= 0.6 is 0 Å². The Morgan fingerprint density at radius 2 is 1.62 bits per heavy atom. The first kappa shape index (κ1) is 10.2. The predicted molar refractivity (Wildman–Crippen MR) is 49.7 cm³/mol. The summed E-state index contributed by atoms with van der Waals surface area (Å²) in [6, 6.07) is 3.99. The lowest BCUT2D eigenvalue weighted by Gasteiger charge is -2.24. The van der Waals surface area contributed by atoms with E-state index in [4.69, 9.17) is 0 Å². The van der Waals surface area contributed by atoms with Crippen LogP contribution in [0, 0.1) is 11.6 Å². The standard InChI is InChI=1S/C11H14F2/c1-4-11(2,3)10-8(12)6-5-7-9(10)13/h5-7H,4H2,1-3H3. The maximum absolute atomic E-state index is 13.3. The third-order valence-corrected chi connectivity index (χ3v) is 2.52. The van der Waals surface area contributed by atoms with Crippen molar-refractivity contribution in [2.45, 2.75) is 32.6 Å². The number of halogens is 2. The van der Waals surface area contributed by atoms with Gasteiger partial charge in [0.1, 0.15) is 11.6 Å². The highest BCUT2D eigenvalue weighted by Crippen LogP contribution is 2.30. The third kappa shape index (κ3) is 1.87. The summed E-state index contributed by atoms with van der Waals surface area (Å²) < 4.78 is 26.6. The van der Waals surface area contributed by atoms with Crippen molar-refractivity contribution in [3.05, 3.63) is 35.4 Å². The van der Waals surface area contributed by atoms with Crippen molar-refractivity contribution in [1.29, 1.82) is 0 Å². The summed E-state index contributed by atoms with van der Waals surface area (Å²) in [7, 11) is 0. The Kier molecular flexibility index (Phi) is 2.69. The van der Waals surface area contributed by atoms with E-state index < -0.39 is 17.0 Å². The van der Waals surface area contributed by atoms with Crippen molar-refractivity contribution in [1.82, 2.24) is 0 Å². The van der Waals surface area contributed by atoms with Gasteiger partial charge in [-0.1, -0.05) is 26.8 Å². The van der Waals surface area contributed by atoms with Gasteiger partial charge in [0.05, 0.1) is 0 Å². The molecule has 0 unspecified atom stereocenters. The van der Waals surface area contributed by atoms with Crippen LogP contribution in [0.15, 0.2) is 18.2 Å². The fraction of sp³-hybridized carbons (Fsp3) is 0.455. The molecule has 0 saturated heterocycles.